The topological polar surface area (TPSA) is 12.5 Å². The lowest BCUT2D eigenvalue weighted by Gasteiger charge is -2.06. The van der Waals surface area contributed by atoms with Crippen molar-refractivity contribution in [3.63, 3.8) is 0 Å². The maximum Gasteiger partial charge on any atom is 0.200 e. The quantitative estimate of drug-likeness (QED) is 0.325. The summed E-state index contributed by atoms with van der Waals surface area (Å²) in [5, 5.41) is 0. The van der Waals surface area contributed by atoms with Gasteiger partial charge in [-0.25, -0.2) is 22.0 Å². The second-order valence-electron chi connectivity index (χ2n) is 3.21. The predicted molar refractivity (Wildman–Crippen MR) is 39.7 cm³/mol. The van der Waals surface area contributed by atoms with Crippen LogP contribution in [0, 0.1) is 29.1 Å². The Morgan fingerprint density at radius 2 is 1.27 bits per heavy atom. The highest BCUT2D eigenvalue weighted by molar-refractivity contribution is 5.25. The van der Waals surface area contributed by atoms with E-state index in [1.165, 1.54) is 0 Å². The van der Waals surface area contributed by atoms with Gasteiger partial charge < -0.3 is 4.74 Å². The SMILES string of the molecule is Fc1c(F)c(F)c(C[C@H]2CO2)c(F)c1F. The van der Waals surface area contributed by atoms with Gasteiger partial charge in [0, 0.05) is 12.0 Å². The molecule has 2 rings (SSSR count). The van der Waals surface area contributed by atoms with Crippen LogP contribution in [0.1, 0.15) is 5.56 Å². The van der Waals surface area contributed by atoms with Crippen molar-refractivity contribution in [2.75, 3.05) is 6.61 Å². The number of hydrogen-bond donors (Lipinski definition) is 0. The van der Waals surface area contributed by atoms with Gasteiger partial charge in [-0.1, -0.05) is 0 Å². The fourth-order valence-corrected chi connectivity index (χ4v) is 1.24. The van der Waals surface area contributed by atoms with E-state index in [-0.39, 0.29) is 13.0 Å². The molecule has 0 bridgehead atoms. The third-order valence-electron chi connectivity index (χ3n) is 2.13. The Bertz CT molecular complexity index is 384. The van der Waals surface area contributed by atoms with Crippen LogP contribution in [0.5, 0.6) is 0 Å². The summed E-state index contributed by atoms with van der Waals surface area (Å²) in [6, 6.07) is 0. The van der Waals surface area contributed by atoms with Gasteiger partial charge in [0.15, 0.2) is 23.3 Å². The maximum absolute atomic E-state index is 13.0. The Hall–Kier alpha value is -1.17. The summed E-state index contributed by atoms with van der Waals surface area (Å²) >= 11 is 0. The van der Waals surface area contributed by atoms with E-state index in [1.807, 2.05) is 0 Å². The molecule has 1 atom stereocenters. The molecule has 1 aromatic carbocycles. The number of halogens is 5. The summed E-state index contributed by atoms with van der Waals surface area (Å²) in [7, 11) is 0. The maximum atomic E-state index is 13.0. The van der Waals surface area contributed by atoms with E-state index in [0.717, 1.165) is 0 Å². The second-order valence-corrected chi connectivity index (χ2v) is 3.21. The smallest absolute Gasteiger partial charge is 0.200 e. The van der Waals surface area contributed by atoms with E-state index in [2.05, 4.69) is 4.74 Å². The van der Waals surface area contributed by atoms with Crippen molar-refractivity contribution in [3.8, 4) is 0 Å². The highest BCUT2D eigenvalue weighted by Crippen LogP contribution is 2.26. The second kappa shape index (κ2) is 3.44. The fourth-order valence-electron chi connectivity index (χ4n) is 1.24. The lowest BCUT2D eigenvalue weighted by molar-refractivity contribution is 0.359. The van der Waals surface area contributed by atoms with Crippen molar-refractivity contribution in [1.29, 1.82) is 0 Å². The molecule has 15 heavy (non-hydrogen) atoms. The van der Waals surface area contributed by atoms with Crippen LogP contribution in [-0.2, 0) is 11.2 Å². The van der Waals surface area contributed by atoms with Crippen molar-refractivity contribution >= 4 is 0 Å². The Morgan fingerprint density at radius 1 is 0.867 bits per heavy atom. The minimum Gasteiger partial charge on any atom is -0.373 e. The Kier molecular flexibility index (Phi) is 2.38. The summed E-state index contributed by atoms with van der Waals surface area (Å²) in [6.07, 6.45) is -0.746. The van der Waals surface area contributed by atoms with Crippen LogP contribution >= 0.6 is 0 Å². The highest BCUT2D eigenvalue weighted by Gasteiger charge is 2.31. The van der Waals surface area contributed by atoms with Gasteiger partial charge in [-0.3, -0.25) is 0 Å². The summed E-state index contributed by atoms with van der Waals surface area (Å²) in [4.78, 5) is 0. The van der Waals surface area contributed by atoms with E-state index >= 15 is 0 Å². The Morgan fingerprint density at radius 3 is 1.67 bits per heavy atom. The van der Waals surface area contributed by atoms with Crippen LogP contribution in [0.3, 0.4) is 0 Å². The molecule has 0 saturated carbocycles. The van der Waals surface area contributed by atoms with Crippen molar-refractivity contribution < 1.29 is 26.7 Å². The molecule has 0 spiro atoms. The van der Waals surface area contributed by atoms with Crippen LogP contribution in [0.25, 0.3) is 0 Å². The van der Waals surface area contributed by atoms with Crippen molar-refractivity contribution in [1.82, 2.24) is 0 Å². The first-order valence-electron chi connectivity index (χ1n) is 4.14. The lowest BCUT2D eigenvalue weighted by Crippen LogP contribution is -2.09. The van der Waals surface area contributed by atoms with Gasteiger partial charge in [0.2, 0.25) is 5.82 Å². The summed E-state index contributed by atoms with van der Waals surface area (Å²) in [6.45, 7) is 0.277. The van der Waals surface area contributed by atoms with Gasteiger partial charge >= 0.3 is 0 Å². The predicted octanol–water partition coefficient (Wildman–Crippen LogP) is 2.32. The molecule has 1 fully saturated rings. The largest absolute Gasteiger partial charge is 0.373 e. The van der Waals surface area contributed by atoms with Gasteiger partial charge in [-0.15, -0.1) is 0 Å². The van der Waals surface area contributed by atoms with Gasteiger partial charge in [0.1, 0.15) is 0 Å². The number of hydrogen-bond acceptors (Lipinski definition) is 1. The zero-order chi connectivity index (χ0) is 11.2. The van der Waals surface area contributed by atoms with Crippen LogP contribution < -0.4 is 0 Å². The van der Waals surface area contributed by atoms with Crippen molar-refractivity contribution in [3.05, 3.63) is 34.6 Å². The van der Waals surface area contributed by atoms with E-state index in [1.54, 1.807) is 0 Å². The molecule has 6 heteroatoms. The summed E-state index contributed by atoms with van der Waals surface area (Å²) in [5.41, 5.74) is -0.811. The zero-order valence-electron chi connectivity index (χ0n) is 7.29. The van der Waals surface area contributed by atoms with Gasteiger partial charge in [-0.2, -0.15) is 0 Å². The standard InChI is InChI=1S/C9H5F5O/c10-5-4(1-3-2-15-3)6(11)8(13)9(14)7(5)12/h3H,1-2H2/t3-/m0/s1. The Balaban J connectivity index is 2.51. The molecule has 82 valence electrons. The average molecular weight is 224 g/mol. The zero-order valence-corrected chi connectivity index (χ0v) is 7.29. The minimum atomic E-state index is -2.13. The molecule has 1 aliphatic rings. The molecule has 1 aliphatic heterocycles. The molecular weight excluding hydrogens is 219 g/mol. The van der Waals surface area contributed by atoms with Gasteiger partial charge in [0.05, 0.1) is 12.7 Å². The molecular formula is C9H5F5O. The van der Waals surface area contributed by atoms with Crippen LogP contribution in [0.15, 0.2) is 0 Å². The van der Waals surface area contributed by atoms with E-state index in [9.17, 15) is 22.0 Å². The first kappa shape index (κ1) is 10.4. The van der Waals surface area contributed by atoms with Gasteiger partial charge in [-0.05, 0) is 0 Å². The van der Waals surface area contributed by atoms with E-state index in [0.29, 0.717) is 0 Å². The lowest BCUT2D eigenvalue weighted by atomic mass is 10.1. The van der Waals surface area contributed by atoms with Crippen molar-refractivity contribution in [2.24, 2.45) is 0 Å². The normalized spacial score (nSPS) is 19.4. The number of epoxide rings is 1. The highest BCUT2D eigenvalue weighted by atomic mass is 19.2. The van der Waals surface area contributed by atoms with Crippen LogP contribution in [0.2, 0.25) is 0 Å². The van der Waals surface area contributed by atoms with Crippen LogP contribution in [0.4, 0.5) is 22.0 Å². The van der Waals surface area contributed by atoms with E-state index in [4.69, 9.17) is 0 Å². The number of rotatable bonds is 2. The van der Waals surface area contributed by atoms with Crippen LogP contribution in [-0.4, -0.2) is 12.7 Å². The molecule has 0 unspecified atom stereocenters. The fraction of sp³-hybridized carbons (Fsp3) is 0.333. The molecule has 0 aliphatic carbocycles. The molecule has 0 amide bonds. The third kappa shape index (κ3) is 1.69. The first-order valence-corrected chi connectivity index (χ1v) is 4.14. The van der Waals surface area contributed by atoms with Gasteiger partial charge in [0.25, 0.3) is 0 Å². The summed E-state index contributed by atoms with van der Waals surface area (Å²) < 4.78 is 68.6. The molecule has 0 radical (unpaired) electrons. The van der Waals surface area contributed by atoms with E-state index < -0.39 is 40.8 Å². The Labute approximate surface area is 81.5 Å². The molecule has 1 nitrogen and oxygen atoms in total. The number of benzene rings is 1. The minimum absolute atomic E-state index is 0.277. The number of ether oxygens (including phenoxy) is 1. The van der Waals surface area contributed by atoms with Crippen molar-refractivity contribution in [2.45, 2.75) is 12.5 Å². The average Bonchev–Trinajstić information content (AvgIpc) is 3.02. The first-order chi connectivity index (χ1) is 7.02. The third-order valence-corrected chi connectivity index (χ3v) is 2.13. The summed E-state index contributed by atoms with van der Waals surface area (Å²) in [5.74, 6) is -9.51. The molecule has 0 aromatic heterocycles. The molecule has 1 saturated heterocycles. The molecule has 0 N–H and O–H groups in total. The molecule has 1 aromatic rings. The molecule has 1 heterocycles. The monoisotopic (exact) mass is 224 g/mol.